The molecular formula is C14H9N2OS2+. The first-order chi connectivity index (χ1) is 9.34. The molecule has 0 radical (unpaired) electrons. The van der Waals surface area contributed by atoms with Crippen LogP contribution in [0.4, 0.5) is 0 Å². The number of hydrogen-bond donors (Lipinski definition) is 1. The maximum atomic E-state index is 10.4. The summed E-state index contributed by atoms with van der Waals surface area (Å²) in [4.78, 5) is 1.85. The van der Waals surface area contributed by atoms with Gasteiger partial charge in [-0.2, -0.15) is 0 Å². The number of fused-ring (bicyclic) bond motifs is 3. The quantitative estimate of drug-likeness (QED) is 0.544. The number of hydrogen-bond acceptors (Lipinski definition) is 4. The van der Waals surface area contributed by atoms with Crippen LogP contribution in [0.2, 0.25) is 0 Å². The fourth-order valence-corrected chi connectivity index (χ4v) is 4.24. The van der Waals surface area contributed by atoms with Gasteiger partial charge < -0.3 is 5.11 Å². The van der Waals surface area contributed by atoms with Crippen molar-refractivity contribution >= 4 is 37.6 Å². The Hall–Kier alpha value is -1.98. The normalized spacial score (nSPS) is 11.4. The van der Waals surface area contributed by atoms with Crippen LogP contribution >= 0.6 is 22.7 Å². The Balaban J connectivity index is 2.10. The summed E-state index contributed by atoms with van der Waals surface area (Å²) in [6.07, 6.45) is 1.79. The van der Waals surface area contributed by atoms with Gasteiger partial charge in [0.05, 0.1) is 0 Å². The predicted octanol–water partition coefficient (Wildman–Crippen LogP) is 3.47. The summed E-state index contributed by atoms with van der Waals surface area (Å²) in [7, 11) is 0. The number of aromatic nitrogens is 2. The average Bonchev–Trinajstić information content (AvgIpc) is 3.04. The van der Waals surface area contributed by atoms with E-state index in [-0.39, 0.29) is 5.88 Å². The van der Waals surface area contributed by atoms with Gasteiger partial charge in [0.1, 0.15) is 10.9 Å². The smallest absolute Gasteiger partial charge is 0.416 e. The number of nitrogens with zero attached hydrogens (tertiary/aromatic N) is 2. The molecule has 0 saturated heterocycles. The number of benzene rings is 1. The molecule has 3 heterocycles. The van der Waals surface area contributed by atoms with Crippen molar-refractivity contribution in [1.82, 2.24) is 5.10 Å². The molecule has 0 atom stereocenters. The Morgan fingerprint density at radius 2 is 1.95 bits per heavy atom. The minimum Gasteiger partial charge on any atom is -0.457 e. The van der Waals surface area contributed by atoms with E-state index in [4.69, 9.17) is 0 Å². The average molecular weight is 285 g/mol. The molecule has 1 N–H and O–H groups in total. The van der Waals surface area contributed by atoms with Gasteiger partial charge in [-0.3, -0.25) is 0 Å². The van der Waals surface area contributed by atoms with E-state index in [1.807, 2.05) is 41.8 Å². The highest BCUT2D eigenvalue weighted by atomic mass is 32.1. The zero-order valence-electron chi connectivity index (χ0n) is 9.78. The van der Waals surface area contributed by atoms with Gasteiger partial charge in [0.2, 0.25) is 0 Å². The lowest BCUT2D eigenvalue weighted by molar-refractivity contribution is -0.583. The van der Waals surface area contributed by atoms with E-state index in [1.165, 1.54) is 0 Å². The molecule has 4 aromatic rings. The van der Waals surface area contributed by atoms with Crippen molar-refractivity contribution in [2.45, 2.75) is 0 Å². The summed E-state index contributed by atoms with van der Waals surface area (Å²) in [5.41, 5.74) is 1.01. The molecule has 0 saturated carbocycles. The van der Waals surface area contributed by atoms with Crippen LogP contribution in [0.25, 0.3) is 25.4 Å². The third-order valence-corrected chi connectivity index (χ3v) is 5.29. The Bertz CT molecular complexity index is 880. The van der Waals surface area contributed by atoms with Gasteiger partial charge in [0.15, 0.2) is 4.88 Å². The zero-order chi connectivity index (χ0) is 12.8. The monoisotopic (exact) mass is 285 g/mol. The fourth-order valence-electron chi connectivity index (χ4n) is 2.12. The highest BCUT2D eigenvalue weighted by Gasteiger charge is 2.25. The van der Waals surface area contributed by atoms with Crippen molar-refractivity contribution in [3.63, 3.8) is 0 Å². The second-order valence-electron chi connectivity index (χ2n) is 4.19. The van der Waals surface area contributed by atoms with Crippen LogP contribution in [-0.4, -0.2) is 10.2 Å². The van der Waals surface area contributed by atoms with Crippen LogP contribution in [0, 0.1) is 0 Å². The highest BCUT2D eigenvalue weighted by Crippen LogP contribution is 2.36. The summed E-state index contributed by atoms with van der Waals surface area (Å²) >= 11 is 3.24. The molecule has 0 unspecified atom stereocenters. The third-order valence-electron chi connectivity index (χ3n) is 3.03. The molecule has 19 heavy (non-hydrogen) atoms. The van der Waals surface area contributed by atoms with E-state index >= 15 is 0 Å². The SMILES string of the molecule is Oc1c(-c2ccccc2)sc2c3sccc3cn[n+]12. The molecule has 0 fully saturated rings. The van der Waals surface area contributed by atoms with Crippen LogP contribution in [0.5, 0.6) is 5.88 Å². The number of thiazole rings is 1. The molecular weight excluding hydrogens is 276 g/mol. The topological polar surface area (TPSA) is 37.2 Å². The van der Waals surface area contributed by atoms with E-state index in [1.54, 1.807) is 33.4 Å². The lowest BCUT2D eigenvalue weighted by atomic mass is 10.2. The largest absolute Gasteiger partial charge is 0.457 e. The minimum atomic E-state index is 0.210. The molecule has 3 aromatic heterocycles. The van der Waals surface area contributed by atoms with E-state index in [9.17, 15) is 5.11 Å². The lowest BCUT2D eigenvalue weighted by Gasteiger charge is -1.91. The second-order valence-corrected chi connectivity index (χ2v) is 6.10. The van der Waals surface area contributed by atoms with Crippen LogP contribution < -0.4 is 4.52 Å². The molecule has 0 aliphatic heterocycles. The summed E-state index contributed by atoms with van der Waals surface area (Å²) in [6.45, 7) is 0. The molecule has 4 rings (SSSR count). The number of aromatic hydroxyl groups is 1. The van der Waals surface area contributed by atoms with Crippen LogP contribution in [0.3, 0.4) is 0 Å². The first-order valence-corrected chi connectivity index (χ1v) is 7.49. The summed E-state index contributed by atoms with van der Waals surface area (Å²) in [5.74, 6) is 0.210. The Morgan fingerprint density at radius 1 is 1.11 bits per heavy atom. The Kier molecular flexibility index (Phi) is 2.30. The lowest BCUT2D eigenvalue weighted by Crippen LogP contribution is -2.23. The summed E-state index contributed by atoms with van der Waals surface area (Å²) in [5, 5.41) is 17.8. The summed E-state index contributed by atoms with van der Waals surface area (Å²) in [6, 6.07) is 12.0. The zero-order valence-corrected chi connectivity index (χ0v) is 11.4. The number of thiophene rings is 1. The summed E-state index contributed by atoms with van der Waals surface area (Å²) < 4.78 is 2.78. The molecule has 0 spiro atoms. The van der Waals surface area contributed by atoms with Gasteiger partial charge in [0, 0.05) is 20.6 Å². The molecule has 5 heteroatoms. The van der Waals surface area contributed by atoms with Crippen molar-refractivity contribution in [2.24, 2.45) is 0 Å². The van der Waals surface area contributed by atoms with E-state index in [2.05, 4.69) is 5.10 Å². The maximum absolute atomic E-state index is 10.4. The molecule has 0 bridgehead atoms. The predicted molar refractivity (Wildman–Crippen MR) is 77.8 cm³/mol. The van der Waals surface area contributed by atoms with Crippen molar-refractivity contribution < 1.29 is 9.62 Å². The Labute approximate surface area is 117 Å². The van der Waals surface area contributed by atoms with Crippen molar-refractivity contribution in [2.75, 3.05) is 0 Å². The minimum absolute atomic E-state index is 0.210. The van der Waals surface area contributed by atoms with Crippen molar-refractivity contribution in [3.05, 3.63) is 48.0 Å². The number of rotatable bonds is 1. The molecule has 0 amide bonds. The van der Waals surface area contributed by atoms with E-state index < -0.39 is 0 Å². The van der Waals surface area contributed by atoms with Crippen molar-refractivity contribution in [3.8, 4) is 16.3 Å². The van der Waals surface area contributed by atoms with Gasteiger partial charge in [-0.25, -0.2) is 0 Å². The third kappa shape index (κ3) is 1.55. The molecule has 92 valence electrons. The first-order valence-electron chi connectivity index (χ1n) is 5.80. The van der Waals surface area contributed by atoms with Gasteiger partial charge in [0.25, 0.3) is 0 Å². The Morgan fingerprint density at radius 3 is 2.79 bits per heavy atom. The van der Waals surface area contributed by atoms with Gasteiger partial charge in [-0.05, 0) is 11.4 Å². The first kappa shape index (κ1) is 10.9. The standard InChI is InChI=1S/C14H8N2OS2/c17-13-11(9-4-2-1-3-5-9)19-14-12-10(6-7-18-12)8-15-16(13)14/h1-8H/p+1. The molecule has 3 nitrogen and oxygen atoms in total. The maximum Gasteiger partial charge on any atom is 0.416 e. The second kappa shape index (κ2) is 4.01. The van der Waals surface area contributed by atoms with E-state index in [0.29, 0.717) is 0 Å². The molecule has 1 aromatic carbocycles. The molecule has 0 aliphatic carbocycles. The highest BCUT2D eigenvalue weighted by molar-refractivity contribution is 7.26. The van der Waals surface area contributed by atoms with Crippen LogP contribution in [0.1, 0.15) is 0 Å². The van der Waals surface area contributed by atoms with Gasteiger partial charge in [-0.1, -0.05) is 41.7 Å². The van der Waals surface area contributed by atoms with Crippen LogP contribution in [-0.2, 0) is 0 Å². The van der Waals surface area contributed by atoms with E-state index in [0.717, 1.165) is 25.4 Å². The van der Waals surface area contributed by atoms with Crippen LogP contribution in [0.15, 0.2) is 48.0 Å². The van der Waals surface area contributed by atoms with Gasteiger partial charge >= 0.3 is 10.7 Å². The fraction of sp³-hybridized carbons (Fsp3) is 0. The van der Waals surface area contributed by atoms with Gasteiger partial charge in [-0.15, -0.1) is 11.3 Å². The molecule has 0 aliphatic rings. The van der Waals surface area contributed by atoms with Crippen molar-refractivity contribution in [1.29, 1.82) is 0 Å².